The van der Waals surface area contributed by atoms with Gasteiger partial charge in [-0.1, -0.05) is 53.0 Å². The number of thioether (sulfide) groups is 1. The summed E-state index contributed by atoms with van der Waals surface area (Å²) >= 11 is 13.4. The number of methoxy groups -OCH3 is 1. The van der Waals surface area contributed by atoms with E-state index in [1.165, 1.54) is 13.2 Å². The standard InChI is InChI=1S/C21H17Cl2NO5S/c1-12-4-3-5-13(6-12)11-29-19-15(22)7-14(8-16(19)23)9-17-20(26)24(21(27)30-17)10-18(25)28-2/h3-9H,10-11H2,1-2H3/b17-9-. The van der Waals surface area contributed by atoms with Crippen molar-refractivity contribution in [3.63, 3.8) is 0 Å². The van der Waals surface area contributed by atoms with Gasteiger partial charge >= 0.3 is 5.97 Å². The van der Waals surface area contributed by atoms with E-state index in [4.69, 9.17) is 27.9 Å². The molecule has 156 valence electrons. The minimum atomic E-state index is -0.681. The van der Waals surface area contributed by atoms with Crippen molar-refractivity contribution in [1.29, 1.82) is 0 Å². The summed E-state index contributed by atoms with van der Waals surface area (Å²) in [6.07, 6.45) is 1.49. The molecule has 6 nitrogen and oxygen atoms in total. The monoisotopic (exact) mass is 465 g/mol. The highest BCUT2D eigenvalue weighted by Crippen LogP contribution is 2.37. The van der Waals surface area contributed by atoms with Crippen molar-refractivity contribution >= 4 is 58.2 Å². The van der Waals surface area contributed by atoms with E-state index in [1.807, 2.05) is 31.2 Å². The summed E-state index contributed by atoms with van der Waals surface area (Å²) < 4.78 is 10.3. The van der Waals surface area contributed by atoms with Gasteiger partial charge in [-0.3, -0.25) is 19.3 Å². The summed E-state index contributed by atoms with van der Waals surface area (Å²) in [5.41, 5.74) is 2.62. The van der Waals surface area contributed by atoms with E-state index >= 15 is 0 Å². The quantitative estimate of drug-likeness (QED) is 0.436. The van der Waals surface area contributed by atoms with Crippen molar-refractivity contribution < 1.29 is 23.9 Å². The highest BCUT2D eigenvalue weighted by atomic mass is 35.5. The molecule has 1 fully saturated rings. The van der Waals surface area contributed by atoms with Gasteiger partial charge in [-0.15, -0.1) is 0 Å². The topological polar surface area (TPSA) is 72.9 Å². The lowest BCUT2D eigenvalue weighted by molar-refractivity contribution is -0.143. The van der Waals surface area contributed by atoms with Gasteiger partial charge in [-0.25, -0.2) is 0 Å². The van der Waals surface area contributed by atoms with Crippen LogP contribution in [0.5, 0.6) is 5.75 Å². The lowest BCUT2D eigenvalue weighted by atomic mass is 10.1. The first kappa shape index (κ1) is 22.2. The molecule has 0 N–H and O–H groups in total. The number of carbonyl (C=O) groups is 3. The van der Waals surface area contributed by atoms with E-state index in [2.05, 4.69) is 4.74 Å². The normalized spacial score (nSPS) is 15.1. The SMILES string of the molecule is COC(=O)CN1C(=O)S/C(=C\c2cc(Cl)c(OCc3cccc(C)c3)c(Cl)c2)C1=O. The Morgan fingerprint density at radius 1 is 1.17 bits per heavy atom. The van der Waals surface area contributed by atoms with Gasteiger partial charge in [0, 0.05) is 0 Å². The van der Waals surface area contributed by atoms with Crippen LogP contribution >= 0.6 is 35.0 Å². The Bertz CT molecular complexity index is 1030. The third-order valence-corrected chi connectivity index (χ3v) is 5.64. The van der Waals surface area contributed by atoms with Crippen LogP contribution in [0.2, 0.25) is 10.0 Å². The molecule has 1 aliphatic rings. The molecule has 0 unspecified atom stereocenters. The van der Waals surface area contributed by atoms with Crippen LogP contribution in [0.3, 0.4) is 0 Å². The van der Waals surface area contributed by atoms with Gasteiger partial charge < -0.3 is 9.47 Å². The lowest BCUT2D eigenvalue weighted by Gasteiger charge is -2.12. The zero-order valence-corrected chi connectivity index (χ0v) is 18.4. The van der Waals surface area contributed by atoms with Crippen molar-refractivity contribution in [2.45, 2.75) is 13.5 Å². The van der Waals surface area contributed by atoms with Crippen LogP contribution in [-0.4, -0.2) is 35.7 Å². The predicted molar refractivity (Wildman–Crippen MR) is 117 cm³/mol. The number of esters is 1. The number of nitrogens with zero attached hydrogens (tertiary/aromatic N) is 1. The molecule has 1 heterocycles. The zero-order chi connectivity index (χ0) is 21.8. The second kappa shape index (κ2) is 9.55. The van der Waals surface area contributed by atoms with E-state index in [0.717, 1.165) is 27.8 Å². The summed E-state index contributed by atoms with van der Waals surface area (Å²) in [5.74, 6) is -0.932. The number of hydrogen-bond donors (Lipinski definition) is 0. The number of rotatable bonds is 6. The Balaban J connectivity index is 1.77. The van der Waals surface area contributed by atoms with Gasteiger partial charge in [-0.05, 0) is 48.0 Å². The van der Waals surface area contributed by atoms with Gasteiger partial charge in [0.25, 0.3) is 11.1 Å². The molecule has 0 spiro atoms. The predicted octanol–water partition coefficient (Wildman–Crippen LogP) is 5.09. The molecular weight excluding hydrogens is 449 g/mol. The number of ether oxygens (including phenoxy) is 2. The van der Waals surface area contributed by atoms with Crippen LogP contribution in [0.15, 0.2) is 41.3 Å². The summed E-state index contributed by atoms with van der Waals surface area (Å²) in [7, 11) is 1.18. The minimum absolute atomic E-state index is 0.157. The molecule has 30 heavy (non-hydrogen) atoms. The smallest absolute Gasteiger partial charge is 0.325 e. The van der Waals surface area contributed by atoms with Crippen LogP contribution in [0.25, 0.3) is 6.08 Å². The lowest BCUT2D eigenvalue weighted by Crippen LogP contribution is -2.34. The largest absolute Gasteiger partial charge is 0.486 e. The molecule has 1 aliphatic heterocycles. The molecule has 0 aliphatic carbocycles. The average molecular weight is 466 g/mol. The second-order valence-corrected chi connectivity index (χ2v) is 8.24. The molecule has 1 saturated heterocycles. The Kier molecular flexibility index (Phi) is 7.07. The van der Waals surface area contributed by atoms with Gasteiger partial charge in [0.1, 0.15) is 13.2 Å². The zero-order valence-electron chi connectivity index (χ0n) is 16.1. The molecular formula is C21H17Cl2NO5S. The molecule has 2 aromatic rings. The number of halogens is 2. The number of carbonyl (C=O) groups excluding carboxylic acids is 3. The molecule has 0 aromatic heterocycles. The van der Waals surface area contributed by atoms with Crippen molar-refractivity contribution in [2.24, 2.45) is 0 Å². The van der Waals surface area contributed by atoms with Gasteiger partial charge in [0.2, 0.25) is 0 Å². The number of hydrogen-bond acceptors (Lipinski definition) is 6. The molecule has 9 heteroatoms. The second-order valence-electron chi connectivity index (χ2n) is 6.44. The first-order valence-corrected chi connectivity index (χ1v) is 10.4. The van der Waals surface area contributed by atoms with Gasteiger partial charge in [0.15, 0.2) is 5.75 Å². The van der Waals surface area contributed by atoms with Crippen molar-refractivity contribution in [3.05, 3.63) is 68.0 Å². The van der Waals surface area contributed by atoms with Crippen LogP contribution in [0.1, 0.15) is 16.7 Å². The Morgan fingerprint density at radius 3 is 2.50 bits per heavy atom. The molecule has 3 rings (SSSR count). The van der Waals surface area contributed by atoms with Gasteiger partial charge in [0.05, 0.1) is 22.1 Å². The molecule has 2 amide bonds. The number of amides is 2. The third kappa shape index (κ3) is 5.16. The molecule has 0 saturated carbocycles. The Labute approximate surface area is 187 Å². The first-order chi connectivity index (χ1) is 14.3. The van der Waals surface area contributed by atoms with Crippen LogP contribution in [-0.2, 0) is 20.9 Å². The summed E-state index contributed by atoms with van der Waals surface area (Å²) in [4.78, 5) is 36.8. The Morgan fingerprint density at radius 2 is 1.87 bits per heavy atom. The maximum absolute atomic E-state index is 12.4. The minimum Gasteiger partial charge on any atom is -0.486 e. The molecule has 0 atom stereocenters. The highest BCUT2D eigenvalue weighted by molar-refractivity contribution is 8.18. The number of aryl methyl sites for hydroxylation is 1. The van der Waals surface area contributed by atoms with Crippen molar-refractivity contribution in [3.8, 4) is 5.75 Å². The highest BCUT2D eigenvalue weighted by Gasteiger charge is 2.36. The van der Waals surface area contributed by atoms with Crippen LogP contribution in [0.4, 0.5) is 4.79 Å². The third-order valence-electron chi connectivity index (χ3n) is 4.17. The molecule has 2 aromatic carbocycles. The van der Waals surface area contributed by atoms with Crippen molar-refractivity contribution in [1.82, 2.24) is 4.90 Å². The van der Waals surface area contributed by atoms with E-state index < -0.39 is 23.7 Å². The van der Waals surface area contributed by atoms with Crippen LogP contribution in [0, 0.1) is 6.92 Å². The Hall–Kier alpha value is -2.48. The van der Waals surface area contributed by atoms with Crippen LogP contribution < -0.4 is 4.74 Å². The molecule has 0 radical (unpaired) electrons. The van der Waals surface area contributed by atoms with E-state index in [0.29, 0.717) is 17.9 Å². The maximum atomic E-state index is 12.4. The summed E-state index contributed by atoms with van der Waals surface area (Å²) in [6, 6.07) is 11.0. The fraction of sp³-hybridized carbons (Fsp3) is 0.190. The van der Waals surface area contributed by atoms with E-state index in [9.17, 15) is 14.4 Å². The van der Waals surface area contributed by atoms with E-state index in [1.54, 1.807) is 12.1 Å². The van der Waals surface area contributed by atoms with E-state index in [-0.39, 0.29) is 15.0 Å². The first-order valence-electron chi connectivity index (χ1n) is 8.78. The summed E-state index contributed by atoms with van der Waals surface area (Å²) in [6.45, 7) is 1.85. The van der Waals surface area contributed by atoms with Gasteiger partial charge in [-0.2, -0.15) is 0 Å². The van der Waals surface area contributed by atoms with Crippen molar-refractivity contribution in [2.75, 3.05) is 13.7 Å². The fourth-order valence-electron chi connectivity index (χ4n) is 2.74. The summed E-state index contributed by atoms with van der Waals surface area (Å²) in [5, 5.41) is -0.00247. The maximum Gasteiger partial charge on any atom is 0.325 e. The number of imide groups is 1. The average Bonchev–Trinajstić information content (AvgIpc) is 2.94. The number of benzene rings is 2. The molecule has 0 bridgehead atoms. The fourth-order valence-corrected chi connectivity index (χ4v) is 4.19.